The van der Waals surface area contributed by atoms with Gasteiger partial charge < -0.3 is 9.47 Å². The Balaban J connectivity index is 1.83. The third-order valence-electron chi connectivity index (χ3n) is 7.56. The standard InChI is InChI=1S/C25H28N4O5/c1-28-19(17-8-4-6-12-26-17)24(22(31)33-2)14-29(16-10-11-16)15-25(21(24)30,23(32)34-3)20(28)18-9-5-7-13-27-18/h4-9,12-13,16,19-20H,10-11,14-15H2,1-3H3. The van der Waals surface area contributed by atoms with Crippen LogP contribution in [0.3, 0.4) is 0 Å². The summed E-state index contributed by atoms with van der Waals surface area (Å²) in [6, 6.07) is 9.48. The van der Waals surface area contributed by atoms with Gasteiger partial charge in [0, 0.05) is 31.5 Å². The van der Waals surface area contributed by atoms with Crippen LogP contribution in [0.5, 0.6) is 0 Å². The van der Waals surface area contributed by atoms with E-state index < -0.39 is 40.6 Å². The number of nitrogens with zero attached hydrogens (tertiary/aromatic N) is 4. The van der Waals surface area contributed by atoms with Gasteiger partial charge in [0.25, 0.3) is 0 Å². The second-order valence-electron chi connectivity index (χ2n) is 9.37. The number of hydrogen-bond donors (Lipinski definition) is 0. The molecular weight excluding hydrogens is 436 g/mol. The van der Waals surface area contributed by atoms with Gasteiger partial charge in [-0.3, -0.25) is 34.2 Å². The summed E-state index contributed by atoms with van der Waals surface area (Å²) < 4.78 is 10.6. The average Bonchev–Trinajstić information content (AvgIpc) is 3.71. The van der Waals surface area contributed by atoms with E-state index >= 15 is 0 Å². The Hall–Kier alpha value is -3.17. The van der Waals surface area contributed by atoms with Gasteiger partial charge in [-0.1, -0.05) is 12.1 Å². The molecule has 2 aromatic heterocycles. The molecule has 2 saturated heterocycles. The first-order chi connectivity index (χ1) is 16.4. The van der Waals surface area contributed by atoms with Crippen LogP contribution in [0.25, 0.3) is 0 Å². The SMILES string of the molecule is COC(=O)C12CN(C3CC3)CC(C(=O)OC)(C1=O)C(c1ccccn1)N(C)C2c1ccccn1. The maximum atomic E-state index is 14.6. The summed E-state index contributed by atoms with van der Waals surface area (Å²) in [5, 5.41) is 0. The molecule has 5 rings (SSSR count). The largest absolute Gasteiger partial charge is 0.468 e. The van der Waals surface area contributed by atoms with Crippen molar-refractivity contribution in [2.45, 2.75) is 31.0 Å². The highest BCUT2D eigenvalue weighted by atomic mass is 16.5. The van der Waals surface area contributed by atoms with Gasteiger partial charge in [0.05, 0.1) is 37.7 Å². The number of piperidine rings is 2. The van der Waals surface area contributed by atoms with Crippen LogP contribution >= 0.6 is 0 Å². The zero-order valence-electron chi connectivity index (χ0n) is 19.5. The van der Waals surface area contributed by atoms with Crippen molar-refractivity contribution in [2.24, 2.45) is 10.8 Å². The first-order valence-electron chi connectivity index (χ1n) is 11.4. The lowest BCUT2D eigenvalue weighted by atomic mass is 9.54. The van der Waals surface area contributed by atoms with E-state index in [0.717, 1.165) is 12.8 Å². The molecule has 2 aromatic rings. The van der Waals surface area contributed by atoms with Crippen LogP contribution in [-0.4, -0.2) is 77.9 Å². The van der Waals surface area contributed by atoms with Crippen LogP contribution in [0.1, 0.15) is 36.3 Å². The van der Waals surface area contributed by atoms with Crippen molar-refractivity contribution < 1.29 is 23.9 Å². The molecule has 3 aliphatic rings. The molecule has 4 heterocycles. The van der Waals surface area contributed by atoms with E-state index in [0.29, 0.717) is 11.4 Å². The molecule has 9 heteroatoms. The van der Waals surface area contributed by atoms with Crippen LogP contribution in [0, 0.1) is 10.8 Å². The van der Waals surface area contributed by atoms with Crippen molar-refractivity contribution in [1.82, 2.24) is 19.8 Å². The molecule has 0 amide bonds. The van der Waals surface area contributed by atoms with Crippen molar-refractivity contribution in [3.05, 3.63) is 60.2 Å². The predicted molar refractivity (Wildman–Crippen MR) is 120 cm³/mol. The summed E-state index contributed by atoms with van der Waals surface area (Å²) in [7, 11) is 4.37. The van der Waals surface area contributed by atoms with E-state index in [4.69, 9.17) is 9.47 Å². The first-order valence-corrected chi connectivity index (χ1v) is 11.4. The molecule has 1 aliphatic carbocycles. The number of rotatable bonds is 5. The quantitative estimate of drug-likeness (QED) is 0.482. The van der Waals surface area contributed by atoms with Gasteiger partial charge in [-0.05, 0) is 44.2 Å². The van der Waals surface area contributed by atoms with Crippen LogP contribution in [0.15, 0.2) is 48.8 Å². The van der Waals surface area contributed by atoms with Crippen molar-refractivity contribution in [1.29, 1.82) is 0 Å². The van der Waals surface area contributed by atoms with E-state index in [2.05, 4.69) is 14.9 Å². The fourth-order valence-electron chi connectivity index (χ4n) is 6.10. The smallest absolute Gasteiger partial charge is 0.322 e. The molecular formula is C25H28N4O5. The number of ketones is 1. The highest BCUT2D eigenvalue weighted by Gasteiger charge is 2.75. The summed E-state index contributed by atoms with van der Waals surface area (Å²) in [6.45, 7) is 0.310. The Kier molecular flexibility index (Phi) is 5.49. The molecule has 0 aromatic carbocycles. The van der Waals surface area contributed by atoms with Crippen LogP contribution in [0.2, 0.25) is 0 Å². The van der Waals surface area contributed by atoms with E-state index in [1.54, 1.807) is 36.7 Å². The minimum Gasteiger partial charge on any atom is -0.468 e. The third kappa shape index (κ3) is 3.03. The molecule has 2 bridgehead atoms. The second-order valence-corrected chi connectivity index (χ2v) is 9.37. The molecule has 9 nitrogen and oxygen atoms in total. The van der Waals surface area contributed by atoms with Crippen molar-refractivity contribution in [3.8, 4) is 0 Å². The normalized spacial score (nSPS) is 31.7. The maximum Gasteiger partial charge on any atom is 0.322 e. The van der Waals surface area contributed by atoms with E-state index in [9.17, 15) is 14.4 Å². The highest BCUT2D eigenvalue weighted by molar-refractivity contribution is 6.17. The van der Waals surface area contributed by atoms with Gasteiger partial charge in [0.1, 0.15) is 0 Å². The number of ether oxygens (including phenoxy) is 2. The summed E-state index contributed by atoms with van der Waals surface area (Å²) >= 11 is 0. The summed E-state index contributed by atoms with van der Waals surface area (Å²) in [5.74, 6) is -1.82. The predicted octanol–water partition coefficient (Wildman–Crippen LogP) is 1.57. The number of pyridine rings is 2. The Morgan fingerprint density at radius 3 is 1.71 bits per heavy atom. The van der Waals surface area contributed by atoms with E-state index in [-0.39, 0.29) is 19.1 Å². The molecule has 178 valence electrons. The Morgan fingerprint density at radius 1 is 0.882 bits per heavy atom. The lowest BCUT2D eigenvalue weighted by Crippen LogP contribution is -2.75. The van der Waals surface area contributed by atoms with Gasteiger partial charge in [-0.25, -0.2) is 0 Å². The van der Waals surface area contributed by atoms with Crippen molar-refractivity contribution in [2.75, 3.05) is 34.4 Å². The monoisotopic (exact) mass is 464 g/mol. The number of hydrogen-bond acceptors (Lipinski definition) is 9. The number of carbonyl (C=O) groups excluding carboxylic acids is 3. The van der Waals surface area contributed by atoms with E-state index in [1.165, 1.54) is 14.2 Å². The Morgan fingerprint density at radius 2 is 1.35 bits per heavy atom. The number of methoxy groups -OCH3 is 2. The van der Waals surface area contributed by atoms with Gasteiger partial charge >= 0.3 is 11.9 Å². The number of likely N-dealkylation sites (tertiary alicyclic amines) is 2. The zero-order valence-corrected chi connectivity index (χ0v) is 19.5. The molecule has 4 atom stereocenters. The molecule has 2 aliphatic heterocycles. The second kappa shape index (κ2) is 8.25. The minimum atomic E-state index is -1.65. The average molecular weight is 465 g/mol. The van der Waals surface area contributed by atoms with Gasteiger partial charge in [0.15, 0.2) is 16.6 Å². The highest BCUT2D eigenvalue weighted by Crippen LogP contribution is 2.61. The lowest BCUT2D eigenvalue weighted by Gasteiger charge is -2.60. The fourth-order valence-corrected chi connectivity index (χ4v) is 6.10. The number of fused-ring (bicyclic) bond motifs is 2. The number of esters is 2. The summed E-state index contributed by atoms with van der Waals surface area (Å²) in [6.07, 6.45) is 5.16. The molecule has 4 unspecified atom stereocenters. The van der Waals surface area contributed by atoms with Crippen LogP contribution in [0.4, 0.5) is 0 Å². The molecule has 3 fully saturated rings. The molecule has 0 spiro atoms. The zero-order chi connectivity index (χ0) is 24.1. The molecule has 0 radical (unpaired) electrons. The van der Waals surface area contributed by atoms with Crippen LogP contribution in [-0.2, 0) is 23.9 Å². The molecule has 0 N–H and O–H groups in total. The fraction of sp³-hybridized carbons (Fsp3) is 0.480. The third-order valence-corrected chi connectivity index (χ3v) is 7.56. The topological polar surface area (TPSA) is 102 Å². The lowest BCUT2D eigenvalue weighted by molar-refractivity contribution is -0.204. The maximum absolute atomic E-state index is 14.6. The molecule has 1 saturated carbocycles. The summed E-state index contributed by atoms with van der Waals surface area (Å²) in [5.41, 5.74) is -2.20. The number of carbonyl (C=O) groups is 3. The number of aromatic nitrogens is 2. The first kappa shape index (κ1) is 22.6. The van der Waals surface area contributed by atoms with Crippen molar-refractivity contribution >= 4 is 17.7 Å². The Bertz CT molecular complexity index is 1030. The minimum absolute atomic E-state index is 0.155. The Labute approximate surface area is 198 Å². The van der Waals surface area contributed by atoms with Gasteiger partial charge in [-0.15, -0.1) is 0 Å². The van der Waals surface area contributed by atoms with Gasteiger partial charge in [-0.2, -0.15) is 0 Å². The van der Waals surface area contributed by atoms with Crippen molar-refractivity contribution in [3.63, 3.8) is 0 Å². The van der Waals surface area contributed by atoms with Crippen LogP contribution < -0.4 is 0 Å². The summed E-state index contributed by atoms with van der Waals surface area (Å²) in [4.78, 5) is 55.0. The van der Waals surface area contributed by atoms with Gasteiger partial charge in [0.2, 0.25) is 0 Å². The molecule has 34 heavy (non-hydrogen) atoms. The van der Waals surface area contributed by atoms with E-state index in [1.807, 2.05) is 24.1 Å². The number of Topliss-reactive ketones (excluding diaryl/α,β-unsaturated/α-hetero) is 1.